The van der Waals surface area contributed by atoms with Crippen molar-refractivity contribution in [3.63, 3.8) is 0 Å². The molecular weight excluding hydrogens is 408 g/mol. The smallest absolute Gasteiger partial charge is 0.243 e. The number of nitrogens with zero attached hydrogens (tertiary/aromatic N) is 4. The second-order valence-electron chi connectivity index (χ2n) is 7.08. The standard InChI is InChI=1S/C20H24N4O3S2/c1-16(25)24-9-4-14-28-19-7-6-17(15-18(19)24)29(26,27)23-12-10-22(11-13-23)20-5-2-3-8-21-20/h2-3,5-8,15H,4,9-14H2,1H3. The Morgan fingerprint density at radius 1 is 1.07 bits per heavy atom. The minimum Gasteiger partial charge on any atom is -0.354 e. The third-order valence-electron chi connectivity index (χ3n) is 5.23. The van der Waals surface area contributed by atoms with Crippen LogP contribution in [0.25, 0.3) is 0 Å². The summed E-state index contributed by atoms with van der Waals surface area (Å²) in [5.41, 5.74) is 0.702. The van der Waals surface area contributed by atoms with Crippen LogP contribution in [0.4, 0.5) is 11.5 Å². The van der Waals surface area contributed by atoms with E-state index < -0.39 is 10.0 Å². The molecule has 0 radical (unpaired) electrons. The lowest BCUT2D eigenvalue weighted by Crippen LogP contribution is -2.48. The fraction of sp³-hybridized carbons (Fsp3) is 0.400. The molecule has 0 atom stereocenters. The molecule has 0 aliphatic carbocycles. The highest BCUT2D eigenvalue weighted by molar-refractivity contribution is 7.99. The number of rotatable bonds is 3. The Morgan fingerprint density at radius 3 is 2.55 bits per heavy atom. The van der Waals surface area contributed by atoms with Crippen LogP contribution in [0.3, 0.4) is 0 Å². The molecule has 154 valence electrons. The summed E-state index contributed by atoms with van der Waals surface area (Å²) in [7, 11) is -3.62. The number of pyridine rings is 1. The zero-order valence-corrected chi connectivity index (χ0v) is 18.0. The topological polar surface area (TPSA) is 73.8 Å². The van der Waals surface area contributed by atoms with E-state index in [4.69, 9.17) is 0 Å². The number of carbonyl (C=O) groups is 1. The van der Waals surface area contributed by atoms with Crippen LogP contribution in [0.5, 0.6) is 0 Å². The van der Waals surface area contributed by atoms with Gasteiger partial charge in [-0.25, -0.2) is 13.4 Å². The highest BCUT2D eigenvalue weighted by Crippen LogP contribution is 2.36. The first-order chi connectivity index (χ1) is 14.0. The van der Waals surface area contributed by atoms with Crippen molar-refractivity contribution in [2.45, 2.75) is 23.1 Å². The number of hydrogen-bond acceptors (Lipinski definition) is 6. The largest absolute Gasteiger partial charge is 0.354 e. The Labute approximate surface area is 175 Å². The van der Waals surface area contributed by atoms with Gasteiger partial charge < -0.3 is 9.80 Å². The fourth-order valence-electron chi connectivity index (χ4n) is 3.69. The van der Waals surface area contributed by atoms with Crippen LogP contribution in [0.1, 0.15) is 13.3 Å². The van der Waals surface area contributed by atoms with Gasteiger partial charge in [-0.15, -0.1) is 11.8 Å². The Morgan fingerprint density at radius 2 is 1.86 bits per heavy atom. The number of benzene rings is 1. The molecule has 9 heteroatoms. The molecule has 2 aliphatic rings. The van der Waals surface area contributed by atoms with Crippen LogP contribution in [-0.2, 0) is 14.8 Å². The highest BCUT2D eigenvalue weighted by atomic mass is 32.2. The van der Waals surface area contributed by atoms with Gasteiger partial charge in [0.05, 0.1) is 10.6 Å². The van der Waals surface area contributed by atoms with Gasteiger partial charge in [0.25, 0.3) is 0 Å². The summed E-state index contributed by atoms with van der Waals surface area (Å²) in [4.78, 5) is 21.4. The molecule has 29 heavy (non-hydrogen) atoms. The fourth-order valence-corrected chi connectivity index (χ4v) is 6.11. The quantitative estimate of drug-likeness (QED) is 0.742. The van der Waals surface area contributed by atoms with Gasteiger partial charge in [0, 0.05) is 50.7 Å². The molecule has 1 fully saturated rings. The Bertz CT molecular complexity index is 990. The van der Waals surface area contributed by atoms with Crippen LogP contribution in [0.2, 0.25) is 0 Å². The van der Waals surface area contributed by atoms with E-state index >= 15 is 0 Å². The Balaban J connectivity index is 1.56. The van der Waals surface area contributed by atoms with Gasteiger partial charge in [0.2, 0.25) is 15.9 Å². The second kappa shape index (κ2) is 8.33. The van der Waals surface area contributed by atoms with Crippen LogP contribution in [-0.4, -0.2) is 62.1 Å². The average molecular weight is 433 g/mol. The molecule has 1 saturated heterocycles. The summed E-state index contributed by atoms with van der Waals surface area (Å²) in [6.07, 6.45) is 2.63. The molecule has 2 aromatic rings. The zero-order chi connectivity index (χ0) is 20.4. The summed E-state index contributed by atoms with van der Waals surface area (Å²) >= 11 is 1.67. The summed E-state index contributed by atoms with van der Waals surface area (Å²) in [5, 5.41) is 0. The monoisotopic (exact) mass is 432 g/mol. The number of aromatic nitrogens is 1. The Hall–Kier alpha value is -2.10. The maximum absolute atomic E-state index is 13.3. The van der Waals surface area contributed by atoms with E-state index in [1.165, 1.54) is 11.2 Å². The van der Waals surface area contributed by atoms with E-state index in [2.05, 4.69) is 9.88 Å². The number of carbonyl (C=O) groups excluding carboxylic acids is 1. The van der Waals surface area contributed by atoms with Gasteiger partial charge in [-0.05, 0) is 42.5 Å². The van der Waals surface area contributed by atoms with E-state index in [9.17, 15) is 13.2 Å². The lowest BCUT2D eigenvalue weighted by atomic mass is 10.2. The van der Waals surface area contributed by atoms with Gasteiger partial charge in [-0.1, -0.05) is 6.07 Å². The van der Waals surface area contributed by atoms with E-state index in [0.717, 1.165) is 22.9 Å². The third-order valence-corrected chi connectivity index (χ3v) is 8.28. The average Bonchev–Trinajstić information content (AvgIpc) is 2.96. The predicted octanol–water partition coefficient (Wildman–Crippen LogP) is 2.44. The van der Waals surface area contributed by atoms with Crippen LogP contribution in [0, 0.1) is 0 Å². The number of sulfonamides is 1. The summed E-state index contributed by atoms with van der Waals surface area (Å²) in [6.45, 7) is 4.13. The van der Waals surface area contributed by atoms with Crippen molar-refractivity contribution in [1.82, 2.24) is 9.29 Å². The molecule has 0 saturated carbocycles. The third kappa shape index (κ3) is 4.12. The molecule has 0 spiro atoms. The van der Waals surface area contributed by atoms with Crippen molar-refractivity contribution >= 4 is 39.2 Å². The van der Waals surface area contributed by atoms with E-state index in [-0.39, 0.29) is 10.8 Å². The molecule has 1 amide bonds. The van der Waals surface area contributed by atoms with Crippen LogP contribution >= 0.6 is 11.8 Å². The predicted molar refractivity (Wildman–Crippen MR) is 115 cm³/mol. The number of thioether (sulfide) groups is 1. The van der Waals surface area contributed by atoms with Gasteiger partial charge in [0.1, 0.15) is 5.82 Å². The van der Waals surface area contributed by atoms with E-state index in [1.54, 1.807) is 35.0 Å². The van der Waals surface area contributed by atoms with Crippen LogP contribution < -0.4 is 9.80 Å². The summed E-state index contributed by atoms with van der Waals surface area (Å²) in [5.74, 6) is 1.72. The molecule has 4 rings (SSSR count). The molecule has 1 aromatic heterocycles. The lowest BCUT2D eigenvalue weighted by molar-refractivity contribution is -0.116. The molecule has 0 bridgehead atoms. The minimum atomic E-state index is -3.62. The normalized spacial score (nSPS) is 18.2. The van der Waals surface area contributed by atoms with Crippen molar-refractivity contribution in [3.05, 3.63) is 42.6 Å². The van der Waals surface area contributed by atoms with E-state index in [0.29, 0.717) is 38.4 Å². The van der Waals surface area contributed by atoms with Gasteiger partial charge in [-0.3, -0.25) is 4.79 Å². The number of piperazine rings is 1. The molecule has 0 N–H and O–H groups in total. The van der Waals surface area contributed by atoms with Gasteiger partial charge in [-0.2, -0.15) is 4.31 Å². The second-order valence-corrected chi connectivity index (χ2v) is 10.2. The van der Waals surface area contributed by atoms with Gasteiger partial charge in [0.15, 0.2) is 0 Å². The van der Waals surface area contributed by atoms with Gasteiger partial charge >= 0.3 is 0 Å². The van der Waals surface area contributed by atoms with Crippen molar-refractivity contribution in [2.75, 3.05) is 48.3 Å². The first-order valence-corrected chi connectivity index (χ1v) is 12.1. The minimum absolute atomic E-state index is 0.0627. The molecule has 2 aliphatic heterocycles. The highest BCUT2D eigenvalue weighted by Gasteiger charge is 2.30. The SMILES string of the molecule is CC(=O)N1CCCSc2ccc(S(=O)(=O)N3CCN(c4ccccn4)CC3)cc21. The number of fused-ring (bicyclic) bond motifs is 1. The molecule has 7 nitrogen and oxygen atoms in total. The van der Waals surface area contributed by atoms with Crippen molar-refractivity contribution in [1.29, 1.82) is 0 Å². The molecular formula is C20H24N4O3S2. The van der Waals surface area contributed by atoms with E-state index in [1.807, 2.05) is 24.3 Å². The van der Waals surface area contributed by atoms with Crippen molar-refractivity contribution < 1.29 is 13.2 Å². The van der Waals surface area contributed by atoms with Crippen LogP contribution in [0.15, 0.2) is 52.4 Å². The first-order valence-electron chi connectivity index (χ1n) is 9.68. The number of anilines is 2. The van der Waals surface area contributed by atoms with Crippen molar-refractivity contribution in [2.24, 2.45) is 0 Å². The Kier molecular flexibility index (Phi) is 5.80. The van der Waals surface area contributed by atoms with Crippen molar-refractivity contribution in [3.8, 4) is 0 Å². The summed E-state index contributed by atoms with van der Waals surface area (Å²) in [6, 6.07) is 10.9. The molecule has 1 aromatic carbocycles. The zero-order valence-electron chi connectivity index (χ0n) is 16.3. The molecule has 0 unspecified atom stereocenters. The molecule has 3 heterocycles. The number of amides is 1. The maximum atomic E-state index is 13.3. The first kappa shape index (κ1) is 20.2. The summed E-state index contributed by atoms with van der Waals surface area (Å²) < 4.78 is 28.0. The lowest BCUT2D eigenvalue weighted by Gasteiger charge is -2.34. The maximum Gasteiger partial charge on any atom is 0.243 e. The number of hydrogen-bond donors (Lipinski definition) is 0.